The van der Waals surface area contributed by atoms with Gasteiger partial charge in [-0.1, -0.05) is 45.9 Å². The standard InChI is InChI=1S/C18H17BrN4O2S/c1-10-4-3-5-11(2)16(10)20-15(25)9-26-18-21-17(22-23-18)13-8-12(19)6-7-14(13)24/h3-8,24H,9H2,1-2H3,(H,20,25)(H,21,22,23). The zero-order valence-electron chi connectivity index (χ0n) is 14.2. The Morgan fingerprint density at radius 2 is 2.00 bits per heavy atom. The molecule has 6 nitrogen and oxygen atoms in total. The molecule has 3 aromatic rings. The number of H-pyrrole nitrogens is 1. The van der Waals surface area contributed by atoms with Gasteiger partial charge in [-0.25, -0.2) is 4.98 Å². The fraction of sp³-hybridized carbons (Fsp3) is 0.167. The van der Waals surface area contributed by atoms with E-state index < -0.39 is 0 Å². The van der Waals surface area contributed by atoms with Crippen LogP contribution in [0, 0.1) is 13.8 Å². The summed E-state index contributed by atoms with van der Waals surface area (Å²) in [4.78, 5) is 16.6. The summed E-state index contributed by atoms with van der Waals surface area (Å²) in [5, 5.41) is 20.2. The highest BCUT2D eigenvalue weighted by Gasteiger charge is 2.13. The number of anilines is 1. The molecular weight excluding hydrogens is 416 g/mol. The molecule has 0 aliphatic heterocycles. The van der Waals surface area contributed by atoms with E-state index in [0.717, 1.165) is 21.3 Å². The van der Waals surface area contributed by atoms with Crippen LogP contribution >= 0.6 is 27.7 Å². The molecule has 1 aromatic heterocycles. The molecule has 0 unspecified atom stereocenters. The van der Waals surface area contributed by atoms with Crippen LogP contribution in [0.5, 0.6) is 5.75 Å². The average Bonchev–Trinajstić information content (AvgIpc) is 3.07. The fourth-order valence-electron chi connectivity index (χ4n) is 2.45. The number of carbonyl (C=O) groups is 1. The summed E-state index contributed by atoms with van der Waals surface area (Å²) in [5.41, 5.74) is 3.42. The molecule has 0 radical (unpaired) electrons. The molecule has 134 valence electrons. The summed E-state index contributed by atoms with van der Waals surface area (Å²) in [6.07, 6.45) is 0. The van der Waals surface area contributed by atoms with E-state index in [9.17, 15) is 9.90 Å². The molecule has 0 saturated carbocycles. The van der Waals surface area contributed by atoms with Crippen LogP contribution in [-0.2, 0) is 4.79 Å². The van der Waals surface area contributed by atoms with Gasteiger partial charge in [-0.15, -0.1) is 5.10 Å². The molecule has 0 spiro atoms. The quantitative estimate of drug-likeness (QED) is 0.523. The Labute approximate surface area is 163 Å². The van der Waals surface area contributed by atoms with Crippen molar-refractivity contribution in [2.75, 3.05) is 11.1 Å². The van der Waals surface area contributed by atoms with Gasteiger partial charge in [-0.05, 0) is 43.2 Å². The Morgan fingerprint density at radius 1 is 1.27 bits per heavy atom. The lowest BCUT2D eigenvalue weighted by molar-refractivity contribution is -0.113. The zero-order chi connectivity index (χ0) is 18.7. The number of aryl methyl sites for hydroxylation is 2. The van der Waals surface area contributed by atoms with Crippen LogP contribution in [0.3, 0.4) is 0 Å². The molecule has 3 N–H and O–H groups in total. The fourth-order valence-corrected chi connectivity index (χ4v) is 3.41. The van der Waals surface area contributed by atoms with Gasteiger partial charge >= 0.3 is 0 Å². The first-order valence-corrected chi connectivity index (χ1v) is 9.62. The second-order valence-electron chi connectivity index (χ2n) is 5.73. The number of nitrogens with zero attached hydrogens (tertiary/aromatic N) is 2. The molecule has 0 fully saturated rings. The Balaban J connectivity index is 1.65. The highest BCUT2D eigenvalue weighted by atomic mass is 79.9. The van der Waals surface area contributed by atoms with Crippen molar-refractivity contribution in [3.05, 3.63) is 52.0 Å². The first-order chi connectivity index (χ1) is 12.4. The maximum Gasteiger partial charge on any atom is 0.234 e. The number of phenols is 1. The largest absolute Gasteiger partial charge is 0.507 e. The number of aromatic hydroxyl groups is 1. The average molecular weight is 433 g/mol. The summed E-state index contributed by atoms with van der Waals surface area (Å²) >= 11 is 4.59. The van der Waals surface area contributed by atoms with Gasteiger partial charge < -0.3 is 10.4 Å². The molecule has 0 atom stereocenters. The molecular formula is C18H17BrN4O2S. The number of nitrogens with one attached hydrogen (secondary N) is 2. The van der Waals surface area contributed by atoms with Crippen molar-refractivity contribution in [2.24, 2.45) is 0 Å². The topological polar surface area (TPSA) is 90.9 Å². The van der Waals surface area contributed by atoms with Crippen molar-refractivity contribution in [1.29, 1.82) is 0 Å². The van der Waals surface area contributed by atoms with Crippen molar-refractivity contribution in [1.82, 2.24) is 15.2 Å². The monoisotopic (exact) mass is 432 g/mol. The second-order valence-corrected chi connectivity index (χ2v) is 7.59. The number of halogens is 1. The van der Waals surface area contributed by atoms with E-state index >= 15 is 0 Å². The lowest BCUT2D eigenvalue weighted by atomic mass is 10.1. The first kappa shape index (κ1) is 18.5. The molecule has 0 aliphatic rings. The van der Waals surface area contributed by atoms with Crippen LogP contribution in [0.25, 0.3) is 11.4 Å². The minimum Gasteiger partial charge on any atom is -0.507 e. The lowest BCUT2D eigenvalue weighted by Crippen LogP contribution is -2.15. The van der Waals surface area contributed by atoms with Gasteiger partial charge in [0.1, 0.15) is 5.75 Å². The van der Waals surface area contributed by atoms with Crippen LogP contribution in [0.1, 0.15) is 11.1 Å². The van der Waals surface area contributed by atoms with Gasteiger partial charge in [0.2, 0.25) is 11.1 Å². The minimum absolute atomic E-state index is 0.105. The molecule has 26 heavy (non-hydrogen) atoms. The number of benzene rings is 2. The number of para-hydroxylation sites is 1. The smallest absolute Gasteiger partial charge is 0.234 e. The van der Waals surface area contributed by atoms with Gasteiger partial charge in [0.25, 0.3) is 0 Å². The van der Waals surface area contributed by atoms with Gasteiger partial charge in [-0.2, -0.15) is 0 Å². The number of aromatic amines is 1. The number of aromatic nitrogens is 3. The predicted molar refractivity (Wildman–Crippen MR) is 106 cm³/mol. The number of hydrogen-bond acceptors (Lipinski definition) is 5. The van der Waals surface area contributed by atoms with E-state index in [0.29, 0.717) is 16.5 Å². The van der Waals surface area contributed by atoms with Crippen molar-refractivity contribution in [2.45, 2.75) is 19.0 Å². The van der Waals surface area contributed by atoms with E-state index in [1.54, 1.807) is 18.2 Å². The molecule has 3 rings (SSSR count). The van der Waals surface area contributed by atoms with Gasteiger partial charge in [0.05, 0.1) is 11.3 Å². The first-order valence-electron chi connectivity index (χ1n) is 7.84. The van der Waals surface area contributed by atoms with E-state index in [2.05, 4.69) is 36.4 Å². The van der Waals surface area contributed by atoms with Crippen molar-refractivity contribution >= 4 is 39.3 Å². The van der Waals surface area contributed by atoms with Crippen molar-refractivity contribution in [3.8, 4) is 17.1 Å². The maximum absolute atomic E-state index is 12.2. The number of amides is 1. The third-order valence-electron chi connectivity index (χ3n) is 3.76. The van der Waals surface area contributed by atoms with Gasteiger partial charge in [-0.3, -0.25) is 9.89 Å². The molecule has 1 amide bonds. The third-order valence-corrected chi connectivity index (χ3v) is 5.10. The Hall–Kier alpha value is -2.32. The molecule has 0 aliphatic carbocycles. The van der Waals surface area contributed by atoms with Crippen LogP contribution < -0.4 is 5.32 Å². The maximum atomic E-state index is 12.2. The summed E-state index contributed by atoms with van der Waals surface area (Å²) in [6, 6.07) is 10.9. The Bertz CT molecular complexity index is 938. The number of rotatable bonds is 5. The molecule has 0 bridgehead atoms. The molecule has 1 heterocycles. The number of carbonyl (C=O) groups excluding carboxylic acids is 1. The second kappa shape index (κ2) is 7.92. The number of phenolic OH excluding ortho intramolecular Hbond substituents is 1. The highest BCUT2D eigenvalue weighted by molar-refractivity contribution is 9.10. The van der Waals surface area contributed by atoms with Crippen molar-refractivity contribution < 1.29 is 9.90 Å². The van der Waals surface area contributed by atoms with E-state index in [4.69, 9.17) is 0 Å². The van der Waals surface area contributed by atoms with E-state index in [1.165, 1.54) is 11.8 Å². The number of hydrogen-bond donors (Lipinski definition) is 3. The van der Waals surface area contributed by atoms with Crippen LogP contribution in [0.4, 0.5) is 5.69 Å². The van der Waals surface area contributed by atoms with Gasteiger partial charge in [0, 0.05) is 10.2 Å². The Kier molecular flexibility index (Phi) is 5.63. The lowest BCUT2D eigenvalue weighted by Gasteiger charge is -2.10. The van der Waals surface area contributed by atoms with Gasteiger partial charge in [0.15, 0.2) is 5.82 Å². The summed E-state index contributed by atoms with van der Waals surface area (Å²) in [7, 11) is 0. The number of thioether (sulfide) groups is 1. The molecule has 8 heteroatoms. The van der Waals surface area contributed by atoms with E-state index in [-0.39, 0.29) is 17.4 Å². The normalized spacial score (nSPS) is 10.7. The molecule has 0 saturated heterocycles. The van der Waals surface area contributed by atoms with Crippen LogP contribution in [-0.4, -0.2) is 31.9 Å². The van der Waals surface area contributed by atoms with Crippen LogP contribution in [0.15, 0.2) is 46.0 Å². The minimum atomic E-state index is -0.121. The summed E-state index contributed by atoms with van der Waals surface area (Å²) < 4.78 is 0.823. The predicted octanol–water partition coefficient (Wildman–Crippen LogP) is 4.29. The van der Waals surface area contributed by atoms with Crippen molar-refractivity contribution in [3.63, 3.8) is 0 Å². The third kappa shape index (κ3) is 4.25. The SMILES string of the molecule is Cc1cccc(C)c1NC(=O)CSc1n[nH]c(-c2cc(Br)ccc2O)n1. The Morgan fingerprint density at radius 3 is 2.73 bits per heavy atom. The van der Waals surface area contributed by atoms with E-state index in [1.807, 2.05) is 32.0 Å². The summed E-state index contributed by atoms with van der Waals surface area (Å²) in [5.74, 6) is 0.620. The zero-order valence-corrected chi connectivity index (χ0v) is 16.6. The highest BCUT2D eigenvalue weighted by Crippen LogP contribution is 2.30. The summed E-state index contributed by atoms with van der Waals surface area (Å²) in [6.45, 7) is 3.92. The van der Waals surface area contributed by atoms with Crippen LogP contribution in [0.2, 0.25) is 0 Å². The molecule has 2 aromatic carbocycles.